The molecule has 8 heteroatoms. The van der Waals surface area contributed by atoms with E-state index < -0.39 is 11.9 Å². The Balaban J connectivity index is 0.000000433. The summed E-state index contributed by atoms with van der Waals surface area (Å²) in [5.41, 5.74) is 2.26. The summed E-state index contributed by atoms with van der Waals surface area (Å²) in [7, 11) is 0. The van der Waals surface area contributed by atoms with Crippen molar-refractivity contribution >= 4 is 23.5 Å². The molecule has 1 aromatic rings. The summed E-state index contributed by atoms with van der Waals surface area (Å²) >= 11 is 0. The molecule has 0 atom stereocenters. The predicted molar refractivity (Wildman–Crippen MR) is 80.0 cm³/mol. The maximum Gasteiger partial charge on any atom is 0.317 e. The Hall–Kier alpha value is -2.61. The Morgan fingerprint density at radius 3 is 1.73 bits per heavy atom. The number of anilines is 1. The topological polar surface area (TPSA) is 136 Å². The third-order valence-electron chi connectivity index (χ3n) is 2.36. The first-order chi connectivity index (χ1) is 10.1. The second kappa shape index (κ2) is 9.35. The molecule has 8 nitrogen and oxygen atoms in total. The molecule has 0 unspecified atom stereocenters. The van der Waals surface area contributed by atoms with Crippen LogP contribution in [0.15, 0.2) is 12.1 Å². The summed E-state index contributed by atoms with van der Waals surface area (Å²) in [6.07, 6.45) is 0. The Kier molecular flexibility index (Phi) is 8.24. The van der Waals surface area contributed by atoms with Crippen molar-refractivity contribution in [3.63, 3.8) is 0 Å². The lowest BCUT2D eigenvalue weighted by Gasteiger charge is -2.07. The van der Waals surface area contributed by atoms with Crippen LogP contribution in [0.4, 0.5) is 5.69 Å². The van der Waals surface area contributed by atoms with Crippen LogP contribution in [-0.2, 0) is 14.4 Å². The first-order valence-electron chi connectivity index (χ1n) is 6.35. The van der Waals surface area contributed by atoms with Crippen LogP contribution in [0.3, 0.4) is 0 Å². The van der Waals surface area contributed by atoms with Gasteiger partial charge in [0, 0.05) is 12.6 Å². The number of aliphatic carboxylic acids is 2. The van der Waals surface area contributed by atoms with Crippen molar-refractivity contribution in [3.05, 3.63) is 23.3 Å². The van der Waals surface area contributed by atoms with E-state index >= 15 is 0 Å². The summed E-state index contributed by atoms with van der Waals surface area (Å²) in [4.78, 5) is 30.2. The fourth-order valence-electron chi connectivity index (χ4n) is 1.51. The lowest BCUT2D eigenvalue weighted by molar-refractivity contribution is -0.137. The molecular formula is C14H20N2O6. The molecule has 0 saturated carbocycles. The van der Waals surface area contributed by atoms with E-state index in [9.17, 15) is 19.5 Å². The standard InChI is InChI=1S/C10H13NO2.C4H7NO4/c1-6-4-9(11-8(3)12)5-7(2)10(6)13;6-3(7)1-5-2-4(8)9/h4-5,13H,1-3H3,(H,11,12);5H,1-2H2,(H,6,7)(H,8,9). The van der Waals surface area contributed by atoms with Crippen molar-refractivity contribution in [2.45, 2.75) is 20.8 Å². The fourth-order valence-corrected chi connectivity index (χ4v) is 1.51. The van der Waals surface area contributed by atoms with Gasteiger partial charge in [0.15, 0.2) is 0 Å². The van der Waals surface area contributed by atoms with Gasteiger partial charge in [0.1, 0.15) is 5.75 Å². The number of carboxylic acids is 2. The zero-order chi connectivity index (χ0) is 17.3. The molecule has 0 fully saturated rings. The molecule has 0 heterocycles. The van der Waals surface area contributed by atoms with Crippen LogP contribution in [0.2, 0.25) is 0 Å². The lowest BCUT2D eigenvalue weighted by atomic mass is 10.1. The number of phenolic OH excluding ortho intramolecular Hbond substituents is 1. The normalized spacial score (nSPS) is 9.41. The maximum absolute atomic E-state index is 10.7. The molecule has 22 heavy (non-hydrogen) atoms. The molecule has 1 amide bonds. The van der Waals surface area contributed by atoms with Gasteiger partial charge in [-0.3, -0.25) is 19.7 Å². The minimum absolute atomic E-state index is 0.107. The molecule has 0 aliphatic heterocycles. The molecule has 1 rings (SSSR count). The van der Waals surface area contributed by atoms with Crippen LogP contribution in [0.25, 0.3) is 0 Å². The van der Waals surface area contributed by atoms with E-state index in [0.717, 1.165) is 16.8 Å². The Morgan fingerprint density at radius 2 is 1.41 bits per heavy atom. The number of carboxylic acid groups (broad SMARTS) is 2. The minimum Gasteiger partial charge on any atom is -0.507 e. The number of phenols is 1. The summed E-state index contributed by atoms with van der Waals surface area (Å²) in [6.45, 7) is 4.43. The molecule has 0 aromatic heterocycles. The number of carbonyl (C=O) groups excluding carboxylic acids is 1. The van der Waals surface area contributed by atoms with E-state index in [0.29, 0.717) is 0 Å². The third-order valence-corrected chi connectivity index (χ3v) is 2.36. The number of carbonyl (C=O) groups is 3. The van der Waals surface area contributed by atoms with Crippen LogP contribution in [0.5, 0.6) is 5.75 Å². The Morgan fingerprint density at radius 1 is 1.00 bits per heavy atom. The number of amides is 1. The van der Waals surface area contributed by atoms with E-state index in [4.69, 9.17) is 10.2 Å². The van der Waals surface area contributed by atoms with Crippen molar-refractivity contribution in [1.29, 1.82) is 0 Å². The van der Waals surface area contributed by atoms with Gasteiger partial charge in [-0.2, -0.15) is 0 Å². The highest BCUT2D eigenvalue weighted by Crippen LogP contribution is 2.25. The maximum atomic E-state index is 10.7. The van der Waals surface area contributed by atoms with Crippen LogP contribution in [0.1, 0.15) is 18.1 Å². The minimum atomic E-state index is -1.06. The summed E-state index contributed by atoms with van der Waals surface area (Å²) in [5.74, 6) is -1.94. The number of hydrogen-bond donors (Lipinski definition) is 5. The predicted octanol–water partition coefficient (Wildman–Crippen LogP) is 0.713. The van der Waals surface area contributed by atoms with Gasteiger partial charge in [-0.15, -0.1) is 0 Å². The fraction of sp³-hybridized carbons (Fsp3) is 0.357. The van der Waals surface area contributed by atoms with Gasteiger partial charge in [-0.05, 0) is 37.1 Å². The zero-order valence-electron chi connectivity index (χ0n) is 12.6. The number of aromatic hydroxyl groups is 1. The molecule has 0 aliphatic rings. The van der Waals surface area contributed by atoms with Gasteiger partial charge in [-0.25, -0.2) is 0 Å². The quantitative estimate of drug-likeness (QED) is 0.505. The monoisotopic (exact) mass is 312 g/mol. The first kappa shape index (κ1) is 19.4. The largest absolute Gasteiger partial charge is 0.507 e. The molecule has 0 bridgehead atoms. The SMILES string of the molecule is CC(=O)Nc1cc(C)c(O)c(C)c1.O=C(O)CNCC(=O)O. The van der Waals surface area contributed by atoms with E-state index in [-0.39, 0.29) is 24.7 Å². The van der Waals surface area contributed by atoms with E-state index in [1.165, 1.54) is 6.92 Å². The molecule has 5 N–H and O–H groups in total. The highest BCUT2D eigenvalue weighted by atomic mass is 16.4. The van der Waals surface area contributed by atoms with Gasteiger partial charge >= 0.3 is 11.9 Å². The molecule has 1 aromatic carbocycles. The molecular weight excluding hydrogens is 292 g/mol. The third kappa shape index (κ3) is 8.54. The van der Waals surface area contributed by atoms with Crippen molar-refractivity contribution < 1.29 is 29.7 Å². The summed E-state index contributed by atoms with van der Waals surface area (Å²) in [6, 6.07) is 3.48. The summed E-state index contributed by atoms with van der Waals surface area (Å²) in [5, 5.41) is 30.2. The number of aryl methyl sites for hydroxylation is 2. The molecule has 0 aliphatic carbocycles. The number of rotatable bonds is 5. The van der Waals surface area contributed by atoms with Gasteiger partial charge in [-0.1, -0.05) is 0 Å². The van der Waals surface area contributed by atoms with Crippen molar-refractivity contribution in [1.82, 2.24) is 5.32 Å². The van der Waals surface area contributed by atoms with Gasteiger partial charge in [0.2, 0.25) is 5.91 Å². The van der Waals surface area contributed by atoms with Crippen LogP contribution in [-0.4, -0.2) is 46.3 Å². The van der Waals surface area contributed by atoms with E-state index in [2.05, 4.69) is 10.6 Å². The average Bonchev–Trinajstić information content (AvgIpc) is 2.35. The first-order valence-corrected chi connectivity index (χ1v) is 6.35. The highest BCUT2D eigenvalue weighted by Gasteiger charge is 2.03. The van der Waals surface area contributed by atoms with Crippen molar-refractivity contribution in [3.8, 4) is 5.75 Å². The second-order valence-corrected chi connectivity index (χ2v) is 4.53. The van der Waals surface area contributed by atoms with Crippen molar-refractivity contribution in [2.24, 2.45) is 0 Å². The molecule has 0 radical (unpaired) electrons. The van der Waals surface area contributed by atoms with Crippen LogP contribution < -0.4 is 10.6 Å². The van der Waals surface area contributed by atoms with Crippen LogP contribution >= 0.6 is 0 Å². The number of nitrogens with one attached hydrogen (secondary N) is 2. The molecule has 0 saturated heterocycles. The Bertz CT molecular complexity index is 519. The number of benzene rings is 1. The lowest BCUT2D eigenvalue weighted by Crippen LogP contribution is -2.27. The zero-order valence-corrected chi connectivity index (χ0v) is 12.6. The molecule has 0 spiro atoms. The van der Waals surface area contributed by atoms with E-state index in [1.807, 2.05) is 0 Å². The number of hydrogen-bond acceptors (Lipinski definition) is 5. The van der Waals surface area contributed by atoms with Gasteiger partial charge in [0.05, 0.1) is 13.1 Å². The van der Waals surface area contributed by atoms with Crippen LogP contribution in [0, 0.1) is 13.8 Å². The van der Waals surface area contributed by atoms with Gasteiger partial charge in [0.25, 0.3) is 0 Å². The van der Waals surface area contributed by atoms with Gasteiger partial charge < -0.3 is 20.6 Å². The Labute approximate surface area is 127 Å². The average molecular weight is 312 g/mol. The summed E-state index contributed by atoms with van der Waals surface area (Å²) < 4.78 is 0. The van der Waals surface area contributed by atoms with E-state index in [1.54, 1.807) is 26.0 Å². The highest BCUT2D eigenvalue weighted by molar-refractivity contribution is 5.89. The smallest absolute Gasteiger partial charge is 0.317 e. The van der Waals surface area contributed by atoms with Crippen molar-refractivity contribution in [2.75, 3.05) is 18.4 Å². The molecule has 122 valence electrons. The second-order valence-electron chi connectivity index (χ2n) is 4.53.